The van der Waals surface area contributed by atoms with Crippen LogP contribution in [0.15, 0.2) is 0 Å². The second-order valence-corrected chi connectivity index (χ2v) is 8.06. The molecule has 1 fully saturated rings. The van der Waals surface area contributed by atoms with Crippen LogP contribution in [0.4, 0.5) is 0 Å². The summed E-state index contributed by atoms with van der Waals surface area (Å²) in [5.74, 6) is -0.274. The van der Waals surface area contributed by atoms with E-state index in [0.717, 1.165) is 25.5 Å². The van der Waals surface area contributed by atoms with Gasteiger partial charge in [-0.2, -0.15) is 0 Å². The monoisotopic (exact) mass is 326 g/mol. The molecule has 1 saturated carbocycles. The van der Waals surface area contributed by atoms with Crippen molar-refractivity contribution >= 4 is 28.2 Å². The number of hydrogen-bond acceptors (Lipinski definition) is 4. The van der Waals surface area contributed by atoms with Crippen LogP contribution in [0.1, 0.15) is 45.4 Å². The third kappa shape index (κ3) is 6.41. The summed E-state index contributed by atoms with van der Waals surface area (Å²) in [5.41, 5.74) is 5.95. The van der Waals surface area contributed by atoms with Crippen molar-refractivity contribution in [3.05, 3.63) is 0 Å². The Balaban J connectivity index is 0.00000361. The molecule has 1 aliphatic rings. The number of carbonyl (C=O) groups excluding carboxylic acids is 1. The summed E-state index contributed by atoms with van der Waals surface area (Å²) in [7, 11) is -3.06. The Morgan fingerprint density at radius 2 is 1.90 bits per heavy atom. The predicted molar refractivity (Wildman–Crippen MR) is 83.8 cm³/mol. The van der Waals surface area contributed by atoms with Gasteiger partial charge in [0.2, 0.25) is 5.91 Å². The standard InChI is InChI=1S/C13H26N2O3S.ClH/c1-3-13(7-4-5-8-13)10-15-12(16)11(14)6-9-19(2,17)18;/h11H,3-10,14H2,1-2H3,(H,15,16);1H. The van der Waals surface area contributed by atoms with Gasteiger partial charge < -0.3 is 11.1 Å². The molecule has 0 aromatic rings. The molecule has 0 saturated heterocycles. The molecule has 1 atom stereocenters. The zero-order chi connectivity index (χ0) is 14.5. The molecule has 0 aromatic heterocycles. The van der Waals surface area contributed by atoms with Gasteiger partial charge in [-0.1, -0.05) is 19.8 Å². The Bertz CT molecular complexity index is 406. The first-order chi connectivity index (χ1) is 8.78. The molecular formula is C13H27ClN2O3S. The zero-order valence-electron chi connectivity index (χ0n) is 12.4. The van der Waals surface area contributed by atoms with Gasteiger partial charge in [0.05, 0.1) is 11.8 Å². The smallest absolute Gasteiger partial charge is 0.236 e. The molecule has 7 heteroatoms. The van der Waals surface area contributed by atoms with Crippen molar-refractivity contribution in [1.29, 1.82) is 0 Å². The molecule has 120 valence electrons. The van der Waals surface area contributed by atoms with Crippen LogP contribution in [0, 0.1) is 5.41 Å². The molecule has 20 heavy (non-hydrogen) atoms. The number of halogens is 1. The Labute approximate surface area is 128 Å². The van der Waals surface area contributed by atoms with E-state index in [1.54, 1.807) is 0 Å². The van der Waals surface area contributed by atoms with Crippen LogP contribution < -0.4 is 11.1 Å². The van der Waals surface area contributed by atoms with Gasteiger partial charge in [0.15, 0.2) is 0 Å². The molecule has 5 nitrogen and oxygen atoms in total. The molecule has 3 N–H and O–H groups in total. The topological polar surface area (TPSA) is 89.3 Å². The summed E-state index contributed by atoms with van der Waals surface area (Å²) in [6, 6.07) is -0.731. The fourth-order valence-corrected chi connectivity index (χ4v) is 3.34. The van der Waals surface area contributed by atoms with Crippen LogP contribution >= 0.6 is 12.4 Å². The fourth-order valence-electron chi connectivity index (χ4n) is 2.66. The normalized spacial score (nSPS) is 19.1. The van der Waals surface area contributed by atoms with Crippen LogP contribution in [0.25, 0.3) is 0 Å². The lowest BCUT2D eigenvalue weighted by atomic mass is 9.83. The molecule has 0 aromatic carbocycles. The maximum absolute atomic E-state index is 11.8. The summed E-state index contributed by atoms with van der Waals surface area (Å²) >= 11 is 0. The van der Waals surface area contributed by atoms with E-state index in [-0.39, 0.29) is 35.9 Å². The predicted octanol–water partition coefficient (Wildman–Crippen LogP) is 1.26. The van der Waals surface area contributed by atoms with Gasteiger partial charge in [-0.05, 0) is 31.1 Å². The van der Waals surface area contributed by atoms with Crippen molar-refractivity contribution in [2.24, 2.45) is 11.1 Å². The number of nitrogens with one attached hydrogen (secondary N) is 1. The lowest BCUT2D eigenvalue weighted by Gasteiger charge is -2.28. The average molecular weight is 327 g/mol. The van der Waals surface area contributed by atoms with Gasteiger partial charge in [-0.3, -0.25) is 4.79 Å². The Hall–Kier alpha value is -0.330. The Morgan fingerprint density at radius 3 is 2.35 bits per heavy atom. The molecule has 0 spiro atoms. The minimum Gasteiger partial charge on any atom is -0.354 e. The highest BCUT2D eigenvalue weighted by Crippen LogP contribution is 2.40. The van der Waals surface area contributed by atoms with E-state index in [1.165, 1.54) is 12.8 Å². The third-order valence-corrected chi connectivity index (χ3v) is 5.17. The largest absolute Gasteiger partial charge is 0.354 e. The third-order valence-electron chi connectivity index (χ3n) is 4.19. The van der Waals surface area contributed by atoms with Crippen molar-refractivity contribution in [3.63, 3.8) is 0 Å². The molecule has 0 heterocycles. The minimum absolute atomic E-state index is 0. The van der Waals surface area contributed by atoms with E-state index in [2.05, 4.69) is 12.2 Å². The number of nitrogens with two attached hydrogens (primary N) is 1. The van der Waals surface area contributed by atoms with Crippen molar-refractivity contribution in [2.75, 3.05) is 18.6 Å². The molecule has 1 aliphatic carbocycles. The van der Waals surface area contributed by atoms with Crippen LogP contribution in [0.3, 0.4) is 0 Å². The molecular weight excluding hydrogens is 300 g/mol. The van der Waals surface area contributed by atoms with Crippen molar-refractivity contribution < 1.29 is 13.2 Å². The second kappa shape index (κ2) is 8.20. The number of rotatable bonds is 7. The van der Waals surface area contributed by atoms with Gasteiger partial charge in [-0.15, -0.1) is 12.4 Å². The lowest BCUT2D eigenvalue weighted by molar-refractivity contribution is -0.122. The maximum Gasteiger partial charge on any atom is 0.236 e. The van der Waals surface area contributed by atoms with Gasteiger partial charge in [0, 0.05) is 12.8 Å². The molecule has 0 radical (unpaired) electrons. The maximum atomic E-state index is 11.8. The molecule has 1 amide bonds. The summed E-state index contributed by atoms with van der Waals surface area (Å²) in [4.78, 5) is 11.8. The van der Waals surface area contributed by atoms with Gasteiger partial charge in [0.1, 0.15) is 9.84 Å². The first-order valence-corrected chi connectivity index (χ1v) is 9.05. The van der Waals surface area contributed by atoms with E-state index >= 15 is 0 Å². The molecule has 0 aliphatic heterocycles. The zero-order valence-corrected chi connectivity index (χ0v) is 14.0. The van der Waals surface area contributed by atoms with Gasteiger partial charge in [-0.25, -0.2) is 8.42 Å². The van der Waals surface area contributed by atoms with Crippen LogP contribution in [0.2, 0.25) is 0 Å². The molecule has 1 rings (SSSR count). The number of hydrogen-bond donors (Lipinski definition) is 2. The van der Waals surface area contributed by atoms with E-state index in [9.17, 15) is 13.2 Å². The molecule has 1 unspecified atom stereocenters. The van der Waals surface area contributed by atoms with E-state index in [4.69, 9.17) is 5.73 Å². The number of sulfone groups is 1. The SMILES string of the molecule is CCC1(CNC(=O)C(N)CCS(C)(=O)=O)CCCC1.Cl. The van der Waals surface area contributed by atoms with Crippen LogP contribution in [-0.4, -0.2) is 38.9 Å². The van der Waals surface area contributed by atoms with E-state index in [0.29, 0.717) is 6.54 Å². The summed E-state index contributed by atoms with van der Waals surface area (Å²) in [6.07, 6.45) is 7.16. The minimum atomic E-state index is -3.06. The average Bonchev–Trinajstić information content (AvgIpc) is 2.81. The van der Waals surface area contributed by atoms with Crippen molar-refractivity contribution in [3.8, 4) is 0 Å². The summed E-state index contributed by atoms with van der Waals surface area (Å²) < 4.78 is 22.1. The van der Waals surface area contributed by atoms with Crippen LogP contribution in [-0.2, 0) is 14.6 Å². The van der Waals surface area contributed by atoms with Crippen molar-refractivity contribution in [2.45, 2.75) is 51.5 Å². The van der Waals surface area contributed by atoms with E-state index in [1.807, 2.05) is 0 Å². The van der Waals surface area contributed by atoms with Gasteiger partial charge >= 0.3 is 0 Å². The first kappa shape index (κ1) is 19.7. The number of carbonyl (C=O) groups is 1. The van der Waals surface area contributed by atoms with Crippen molar-refractivity contribution in [1.82, 2.24) is 5.32 Å². The van der Waals surface area contributed by atoms with Gasteiger partial charge in [0.25, 0.3) is 0 Å². The highest BCUT2D eigenvalue weighted by Gasteiger charge is 2.32. The summed E-state index contributed by atoms with van der Waals surface area (Å²) in [6.45, 7) is 2.82. The Morgan fingerprint density at radius 1 is 1.35 bits per heavy atom. The quantitative estimate of drug-likeness (QED) is 0.737. The second-order valence-electron chi connectivity index (χ2n) is 5.80. The number of amides is 1. The lowest BCUT2D eigenvalue weighted by Crippen LogP contribution is -2.45. The van der Waals surface area contributed by atoms with Crippen LogP contribution in [0.5, 0.6) is 0 Å². The molecule has 0 bridgehead atoms. The highest BCUT2D eigenvalue weighted by molar-refractivity contribution is 7.90. The van der Waals surface area contributed by atoms with E-state index < -0.39 is 15.9 Å². The summed E-state index contributed by atoms with van der Waals surface area (Å²) in [5, 5.41) is 2.89. The highest BCUT2D eigenvalue weighted by atomic mass is 35.5. The first-order valence-electron chi connectivity index (χ1n) is 6.99. The Kier molecular flexibility index (Phi) is 8.06. The fraction of sp³-hybridized carbons (Fsp3) is 0.923.